The Labute approximate surface area is 168 Å². The van der Waals surface area contributed by atoms with Crippen molar-refractivity contribution in [3.63, 3.8) is 0 Å². The van der Waals surface area contributed by atoms with Crippen LogP contribution >= 0.6 is 11.6 Å². The highest BCUT2D eigenvalue weighted by Crippen LogP contribution is 2.18. The lowest BCUT2D eigenvalue weighted by atomic mass is 10.2. The van der Waals surface area contributed by atoms with E-state index < -0.39 is 0 Å². The van der Waals surface area contributed by atoms with Gasteiger partial charge in [0.15, 0.2) is 5.69 Å². The first-order chi connectivity index (χ1) is 13.5. The van der Waals surface area contributed by atoms with Gasteiger partial charge in [0.1, 0.15) is 6.10 Å². The van der Waals surface area contributed by atoms with E-state index in [4.69, 9.17) is 16.3 Å². The number of aryl methyl sites for hydroxylation is 1. The Morgan fingerprint density at radius 2 is 1.89 bits per heavy atom. The van der Waals surface area contributed by atoms with Crippen molar-refractivity contribution in [1.82, 2.24) is 24.8 Å². The van der Waals surface area contributed by atoms with Gasteiger partial charge in [-0.25, -0.2) is 0 Å². The maximum Gasteiger partial charge on any atom is 0.276 e. The van der Waals surface area contributed by atoms with Gasteiger partial charge in [-0.2, -0.15) is 9.90 Å². The van der Waals surface area contributed by atoms with Crippen molar-refractivity contribution in [1.29, 1.82) is 0 Å². The van der Waals surface area contributed by atoms with Gasteiger partial charge in [0.25, 0.3) is 11.8 Å². The van der Waals surface area contributed by atoms with E-state index >= 15 is 0 Å². The van der Waals surface area contributed by atoms with Crippen LogP contribution in [0.5, 0.6) is 0 Å². The Bertz CT molecular complexity index is 885. The third-order valence-corrected chi connectivity index (χ3v) is 5.34. The van der Waals surface area contributed by atoms with Crippen LogP contribution in [-0.2, 0) is 9.53 Å². The summed E-state index contributed by atoms with van der Waals surface area (Å²) >= 11 is 6.03. The van der Waals surface area contributed by atoms with Crippen molar-refractivity contribution in [2.45, 2.75) is 25.9 Å². The van der Waals surface area contributed by atoms with Crippen LogP contribution in [0.3, 0.4) is 0 Å². The lowest BCUT2D eigenvalue weighted by Gasteiger charge is -2.35. The minimum Gasteiger partial charge on any atom is -0.368 e. The monoisotopic (exact) mass is 403 g/mol. The van der Waals surface area contributed by atoms with Crippen molar-refractivity contribution < 1.29 is 14.3 Å². The molecule has 28 heavy (non-hydrogen) atoms. The Kier molecular flexibility index (Phi) is 5.32. The predicted octanol–water partition coefficient (Wildman–Crippen LogP) is 1.69. The number of ether oxygens (including phenoxy) is 1. The summed E-state index contributed by atoms with van der Waals surface area (Å²) in [4.78, 5) is 30.3. The Balaban J connectivity index is 1.42. The number of rotatable bonds is 3. The van der Waals surface area contributed by atoms with Crippen LogP contribution in [-0.4, -0.2) is 75.5 Å². The van der Waals surface area contributed by atoms with Gasteiger partial charge in [0, 0.05) is 37.8 Å². The molecule has 1 aromatic heterocycles. The summed E-state index contributed by atoms with van der Waals surface area (Å²) in [6, 6.07) is 7.15. The topological polar surface area (TPSA) is 80.6 Å². The van der Waals surface area contributed by atoms with E-state index in [1.165, 1.54) is 4.80 Å². The van der Waals surface area contributed by atoms with Crippen molar-refractivity contribution in [3.05, 3.63) is 40.7 Å². The summed E-state index contributed by atoms with van der Waals surface area (Å²) in [7, 11) is 0. The molecule has 2 aliphatic rings. The molecule has 2 aromatic rings. The number of amides is 2. The number of halogens is 1. The van der Waals surface area contributed by atoms with E-state index in [2.05, 4.69) is 10.2 Å². The zero-order valence-electron chi connectivity index (χ0n) is 15.7. The first kappa shape index (κ1) is 18.9. The second kappa shape index (κ2) is 7.89. The molecule has 9 heteroatoms. The maximum atomic E-state index is 12.9. The number of aromatic nitrogens is 3. The minimum absolute atomic E-state index is 0.0349. The molecule has 0 saturated carbocycles. The molecule has 2 fully saturated rings. The van der Waals surface area contributed by atoms with Gasteiger partial charge in [0.05, 0.1) is 11.4 Å². The quantitative estimate of drug-likeness (QED) is 0.779. The van der Waals surface area contributed by atoms with E-state index in [9.17, 15) is 9.59 Å². The van der Waals surface area contributed by atoms with E-state index in [1.807, 2.05) is 12.1 Å². The van der Waals surface area contributed by atoms with Gasteiger partial charge < -0.3 is 14.5 Å². The first-order valence-electron chi connectivity index (χ1n) is 9.42. The average Bonchev–Trinajstić information content (AvgIpc) is 3.37. The SMILES string of the molecule is Cc1nn(-c2cccc(Cl)c2)nc1C(=O)N1CCN(C(=O)C2CCCO2)CC1. The lowest BCUT2D eigenvalue weighted by molar-refractivity contribution is -0.142. The van der Waals surface area contributed by atoms with Gasteiger partial charge >= 0.3 is 0 Å². The fourth-order valence-electron chi connectivity index (χ4n) is 3.55. The maximum absolute atomic E-state index is 12.9. The second-order valence-electron chi connectivity index (χ2n) is 7.02. The largest absolute Gasteiger partial charge is 0.368 e. The van der Waals surface area contributed by atoms with Crippen LogP contribution in [0, 0.1) is 6.92 Å². The molecule has 148 valence electrons. The molecular weight excluding hydrogens is 382 g/mol. The molecule has 0 radical (unpaired) electrons. The van der Waals surface area contributed by atoms with Crippen molar-refractivity contribution in [3.8, 4) is 5.69 Å². The number of carbonyl (C=O) groups is 2. The van der Waals surface area contributed by atoms with Crippen LogP contribution in [0.4, 0.5) is 0 Å². The number of benzene rings is 1. The highest BCUT2D eigenvalue weighted by molar-refractivity contribution is 6.30. The second-order valence-corrected chi connectivity index (χ2v) is 7.46. The smallest absolute Gasteiger partial charge is 0.276 e. The number of hydrogen-bond acceptors (Lipinski definition) is 5. The highest BCUT2D eigenvalue weighted by Gasteiger charge is 2.32. The number of hydrogen-bond donors (Lipinski definition) is 0. The summed E-state index contributed by atoms with van der Waals surface area (Å²) in [5, 5.41) is 9.30. The third kappa shape index (κ3) is 3.74. The van der Waals surface area contributed by atoms with Gasteiger partial charge in [-0.3, -0.25) is 9.59 Å². The van der Waals surface area contributed by atoms with E-state index in [-0.39, 0.29) is 17.9 Å². The van der Waals surface area contributed by atoms with Gasteiger partial charge in [-0.1, -0.05) is 17.7 Å². The summed E-state index contributed by atoms with van der Waals surface area (Å²) in [6.07, 6.45) is 1.39. The van der Waals surface area contributed by atoms with Crippen molar-refractivity contribution >= 4 is 23.4 Å². The number of nitrogens with zero attached hydrogens (tertiary/aromatic N) is 5. The standard InChI is InChI=1S/C19H22ClN5O3/c1-13-17(22-25(21-13)15-5-2-4-14(20)12-15)19(27)24-9-7-23(8-10-24)18(26)16-6-3-11-28-16/h2,4-5,12,16H,3,6-11H2,1H3. The molecule has 0 N–H and O–H groups in total. The Morgan fingerprint density at radius 3 is 2.57 bits per heavy atom. The molecule has 2 saturated heterocycles. The fraction of sp³-hybridized carbons (Fsp3) is 0.474. The van der Waals surface area contributed by atoms with Gasteiger partial charge in [0.2, 0.25) is 0 Å². The molecule has 1 unspecified atom stereocenters. The van der Waals surface area contributed by atoms with Crippen molar-refractivity contribution in [2.24, 2.45) is 0 Å². The molecule has 0 aliphatic carbocycles. The normalized spacial score (nSPS) is 19.9. The lowest BCUT2D eigenvalue weighted by Crippen LogP contribution is -2.53. The molecule has 4 rings (SSSR count). The molecular formula is C19H22ClN5O3. The average molecular weight is 404 g/mol. The Morgan fingerprint density at radius 1 is 1.14 bits per heavy atom. The van der Waals surface area contributed by atoms with Gasteiger partial charge in [-0.05, 0) is 38.0 Å². The molecule has 0 bridgehead atoms. The molecule has 1 atom stereocenters. The van der Waals surface area contributed by atoms with Crippen LogP contribution in [0.1, 0.15) is 29.0 Å². The Hall–Kier alpha value is -2.45. The third-order valence-electron chi connectivity index (χ3n) is 5.11. The minimum atomic E-state index is -0.318. The first-order valence-corrected chi connectivity index (χ1v) is 9.80. The predicted molar refractivity (Wildman–Crippen MR) is 103 cm³/mol. The highest BCUT2D eigenvalue weighted by atomic mass is 35.5. The van der Waals surface area contributed by atoms with Crippen LogP contribution in [0.25, 0.3) is 5.69 Å². The van der Waals surface area contributed by atoms with Crippen LogP contribution < -0.4 is 0 Å². The zero-order chi connectivity index (χ0) is 19.7. The van der Waals surface area contributed by atoms with E-state index in [1.54, 1.807) is 28.9 Å². The molecule has 2 aliphatic heterocycles. The van der Waals surface area contributed by atoms with Gasteiger partial charge in [-0.15, -0.1) is 5.10 Å². The summed E-state index contributed by atoms with van der Waals surface area (Å²) < 4.78 is 5.48. The van der Waals surface area contributed by atoms with Crippen molar-refractivity contribution in [2.75, 3.05) is 32.8 Å². The molecule has 8 nitrogen and oxygen atoms in total. The van der Waals surface area contributed by atoms with E-state index in [0.717, 1.165) is 12.8 Å². The molecule has 3 heterocycles. The summed E-state index contributed by atoms with van der Waals surface area (Å²) in [5.74, 6) is -0.136. The van der Waals surface area contributed by atoms with E-state index in [0.29, 0.717) is 54.9 Å². The van der Waals surface area contributed by atoms with Crippen LogP contribution in [0.15, 0.2) is 24.3 Å². The fourth-order valence-corrected chi connectivity index (χ4v) is 3.73. The molecule has 2 amide bonds. The summed E-state index contributed by atoms with van der Waals surface area (Å²) in [6.45, 7) is 4.37. The number of piperazine rings is 1. The molecule has 0 spiro atoms. The summed E-state index contributed by atoms with van der Waals surface area (Å²) in [5.41, 5.74) is 1.57. The number of carbonyl (C=O) groups excluding carboxylic acids is 2. The zero-order valence-corrected chi connectivity index (χ0v) is 16.4. The molecule has 1 aromatic carbocycles. The van der Waals surface area contributed by atoms with Crippen LogP contribution in [0.2, 0.25) is 5.02 Å².